The minimum atomic E-state index is -0.359. The first-order chi connectivity index (χ1) is 14.4. The highest BCUT2D eigenvalue weighted by Gasteiger charge is 2.12. The molecule has 0 aliphatic carbocycles. The first-order valence-electron chi connectivity index (χ1n) is 9.32. The zero-order chi connectivity index (χ0) is 21.5. The number of nitrogens with zero attached hydrogens (tertiary/aromatic N) is 2. The number of hydrogen-bond acceptors (Lipinski definition) is 4. The first kappa shape index (κ1) is 21.1. The van der Waals surface area contributed by atoms with Gasteiger partial charge < -0.3 is 14.8 Å². The number of aromatic nitrogens is 2. The number of hydrogen-bond donors (Lipinski definition) is 1. The summed E-state index contributed by atoms with van der Waals surface area (Å²) in [6.07, 6.45) is 1.52. The van der Waals surface area contributed by atoms with E-state index in [9.17, 15) is 9.18 Å². The van der Waals surface area contributed by atoms with Crippen LogP contribution in [0.5, 0.6) is 5.75 Å². The summed E-state index contributed by atoms with van der Waals surface area (Å²) < 4.78 is 25.9. The van der Waals surface area contributed by atoms with Crippen LogP contribution in [0, 0.1) is 17.7 Å². The molecular weight excluding hydrogens is 385 g/mol. The minimum absolute atomic E-state index is 0.215. The number of aryl methyl sites for hydroxylation is 1. The van der Waals surface area contributed by atoms with Gasteiger partial charge in [-0.3, -0.25) is 9.48 Å². The van der Waals surface area contributed by atoms with Gasteiger partial charge in [-0.05, 0) is 43.3 Å². The molecule has 1 N–H and O–H groups in total. The van der Waals surface area contributed by atoms with Crippen molar-refractivity contribution in [2.45, 2.75) is 13.0 Å². The number of methoxy groups -OCH3 is 1. The molecule has 0 aliphatic heterocycles. The molecule has 154 valence electrons. The van der Waals surface area contributed by atoms with Gasteiger partial charge in [0.1, 0.15) is 17.7 Å². The van der Waals surface area contributed by atoms with E-state index < -0.39 is 0 Å². The van der Waals surface area contributed by atoms with Crippen molar-refractivity contribution in [2.24, 2.45) is 7.05 Å². The summed E-state index contributed by atoms with van der Waals surface area (Å²) in [7, 11) is 3.36. The molecule has 0 spiro atoms. The van der Waals surface area contributed by atoms with Crippen LogP contribution in [0.3, 0.4) is 0 Å². The standard InChI is InChI=1S/C23H22FN3O3/c1-16(15-29-3)30-21-13-18(8-7-17-5-4-6-20(24)12-17)11-19(14-21)23(28)25-22-9-10-27(2)26-22/h4-6,9-14,16H,15H2,1-3H3,(H,25,26,28)/t16-/m0/s1. The van der Waals surface area contributed by atoms with Gasteiger partial charge in [-0.1, -0.05) is 17.9 Å². The lowest BCUT2D eigenvalue weighted by Gasteiger charge is -2.15. The average Bonchev–Trinajstić information content (AvgIpc) is 3.11. The fourth-order valence-corrected chi connectivity index (χ4v) is 2.75. The average molecular weight is 407 g/mol. The first-order valence-corrected chi connectivity index (χ1v) is 9.32. The van der Waals surface area contributed by atoms with Gasteiger partial charge in [0.2, 0.25) is 0 Å². The molecule has 0 unspecified atom stereocenters. The molecule has 7 heteroatoms. The zero-order valence-electron chi connectivity index (χ0n) is 17.0. The molecule has 2 aromatic carbocycles. The van der Waals surface area contributed by atoms with Crippen molar-refractivity contribution < 1.29 is 18.7 Å². The van der Waals surface area contributed by atoms with Crippen molar-refractivity contribution >= 4 is 11.7 Å². The Kier molecular flexibility index (Phi) is 6.83. The molecule has 1 atom stereocenters. The molecule has 3 aromatic rings. The molecule has 1 aromatic heterocycles. The Morgan fingerprint density at radius 2 is 2.00 bits per heavy atom. The van der Waals surface area contributed by atoms with Crippen molar-refractivity contribution in [3.05, 3.63) is 77.2 Å². The van der Waals surface area contributed by atoms with E-state index in [1.807, 2.05) is 6.92 Å². The number of carbonyl (C=O) groups is 1. The third-order valence-corrected chi connectivity index (χ3v) is 4.04. The van der Waals surface area contributed by atoms with E-state index in [0.29, 0.717) is 34.9 Å². The molecule has 0 radical (unpaired) electrons. The third kappa shape index (κ3) is 5.93. The molecule has 0 saturated heterocycles. The topological polar surface area (TPSA) is 65.4 Å². The molecule has 6 nitrogen and oxygen atoms in total. The lowest BCUT2D eigenvalue weighted by Crippen LogP contribution is -2.19. The SMILES string of the molecule is COC[C@H](C)Oc1cc(C#Cc2cccc(F)c2)cc(C(=O)Nc2ccn(C)n2)c1. The van der Waals surface area contributed by atoms with Crippen LogP contribution in [0.1, 0.15) is 28.4 Å². The minimum Gasteiger partial charge on any atom is -0.488 e. The normalized spacial score (nSPS) is 11.3. The second kappa shape index (κ2) is 9.72. The number of ether oxygens (including phenoxy) is 2. The van der Waals surface area contributed by atoms with Gasteiger partial charge in [-0.2, -0.15) is 5.10 Å². The summed E-state index contributed by atoms with van der Waals surface area (Å²) in [5.74, 6) is 6.10. The molecule has 0 bridgehead atoms. The van der Waals surface area contributed by atoms with Crippen LogP contribution in [0.25, 0.3) is 0 Å². The van der Waals surface area contributed by atoms with Gasteiger partial charge in [-0.25, -0.2) is 4.39 Å². The fraction of sp³-hybridized carbons (Fsp3) is 0.217. The summed E-state index contributed by atoms with van der Waals surface area (Å²) in [6.45, 7) is 2.26. The van der Waals surface area contributed by atoms with E-state index >= 15 is 0 Å². The lowest BCUT2D eigenvalue weighted by molar-refractivity contribution is 0.0917. The number of amides is 1. The quantitative estimate of drug-likeness (QED) is 0.634. The molecule has 30 heavy (non-hydrogen) atoms. The molecule has 0 fully saturated rings. The number of benzene rings is 2. The van der Waals surface area contributed by atoms with Gasteiger partial charge in [0, 0.05) is 43.1 Å². The number of nitrogens with one attached hydrogen (secondary N) is 1. The van der Waals surface area contributed by atoms with Gasteiger partial charge in [0.15, 0.2) is 5.82 Å². The monoisotopic (exact) mass is 407 g/mol. The van der Waals surface area contributed by atoms with Crippen LogP contribution in [0.2, 0.25) is 0 Å². The predicted octanol–water partition coefficient (Wildman–Crippen LogP) is 3.63. The molecule has 1 heterocycles. The van der Waals surface area contributed by atoms with Crippen LogP contribution < -0.4 is 10.1 Å². The van der Waals surface area contributed by atoms with Gasteiger partial charge in [0.05, 0.1) is 6.61 Å². The number of anilines is 1. The van der Waals surface area contributed by atoms with Crippen LogP contribution >= 0.6 is 0 Å². The predicted molar refractivity (Wildman–Crippen MR) is 112 cm³/mol. The number of halogens is 1. The van der Waals surface area contributed by atoms with E-state index in [1.165, 1.54) is 12.1 Å². The summed E-state index contributed by atoms with van der Waals surface area (Å²) >= 11 is 0. The van der Waals surface area contributed by atoms with Crippen molar-refractivity contribution in [3.63, 3.8) is 0 Å². The Bertz CT molecular complexity index is 1100. The van der Waals surface area contributed by atoms with Crippen molar-refractivity contribution in [2.75, 3.05) is 19.0 Å². The number of rotatable bonds is 6. The van der Waals surface area contributed by atoms with Crippen LogP contribution in [0.4, 0.5) is 10.2 Å². The van der Waals surface area contributed by atoms with Crippen LogP contribution in [-0.4, -0.2) is 35.5 Å². The maximum atomic E-state index is 13.4. The molecule has 0 aliphatic rings. The van der Waals surface area contributed by atoms with Gasteiger partial charge >= 0.3 is 0 Å². The Morgan fingerprint density at radius 3 is 2.70 bits per heavy atom. The smallest absolute Gasteiger partial charge is 0.257 e. The highest BCUT2D eigenvalue weighted by molar-refractivity contribution is 6.04. The molecule has 3 rings (SSSR count). The van der Waals surface area contributed by atoms with Crippen LogP contribution in [0.15, 0.2) is 54.7 Å². The Labute approximate surface area is 174 Å². The zero-order valence-corrected chi connectivity index (χ0v) is 17.0. The van der Waals surface area contributed by atoms with Crippen molar-refractivity contribution in [3.8, 4) is 17.6 Å². The molecular formula is C23H22FN3O3. The highest BCUT2D eigenvalue weighted by atomic mass is 19.1. The van der Waals surface area contributed by atoms with E-state index in [1.54, 1.807) is 61.4 Å². The van der Waals surface area contributed by atoms with E-state index in [4.69, 9.17) is 9.47 Å². The Morgan fingerprint density at radius 1 is 1.20 bits per heavy atom. The fourth-order valence-electron chi connectivity index (χ4n) is 2.75. The van der Waals surface area contributed by atoms with E-state index in [-0.39, 0.29) is 17.8 Å². The largest absolute Gasteiger partial charge is 0.488 e. The summed E-state index contributed by atoms with van der Waals surface area (Å²) in [5.41, 5.74) is 1.47. The summed E-state index contributed by atoms with van der Waals surface area (Å²) in [4.78, 5) is 12.7. The highest BCUT2D eigenvalue weighted by Crippen LogP contribution is 2.20. The maximum absolute atomic E-state index is 13.4. The maximum Gasteiger partial charge on any atom is 0.257 e. The Balaban J connectivity index is 1.90. The third-order valence-electron chi connectivity index (χ3n) is 4.04. The summed E-state index contributed by atoms with van der Waals surface area (Å²) in [6, 6.07) is 12.7. The molecule has 1 amide bonds. The molecule has 0 saturated carbocycles. The summed E-state index contributed by atoms with van der Waals surface area (Å²) in [5, 5.41) is 6.90. The van der Waals surface area contributed by atoms with Crippen molar-refractivity contribution in [1.29, 1.82) is 0 Å². The van der Waals surface area contributed by atoms with Gasteiger partial charge in [-0.15, -0.1) is 0 Å². The second-order valence-corrected chi connectivity index (χ2v) is 6.72. The van der Waals surface area contributed by atoms with Crippen LogP contribution in [-0.2, 0) is 11.8 Å². The lowest BCUT2D eigenvalue weighted by atomic mass is 10.1. The van der Waals surface area contributed by atoms with Crippen molar-refractivity contribution in [1.82, 2.24) is 9.78 Å². The van der Waals surface area contributed by atoms with Gasteiger partial charge in [0.25, 0.3) is 5.91 Å². The van der Waals surface area contributed by atoms with E-state index in [2.05, 4.69) is 22.3 Å². The number of carbonyl (C=O) groups excluding carboxylic acids is 1. The second-order valence-electron chi connectivity index (χ2n) is 6.72. The Hall–Kier alpha value is -3.63. The van der Waals surface area contributed by atoms with E-state index in [0.717, 1.165) is 0 Å².